The van der Waals surface area contributed by atoms with Crippen LogP contribution in [0, 0.1) is 0 Å². The van der Waals surface area contributed by atoms with Crippen LogP contribution >= 0.6 is 27.7 Å². The molecule has 1 aliphatic rings. The lowest BCUT2D eigenvalue weighted by molar-refractivity contribution is -0.145. The fourth-order valence-electron chi connectivity index (χ4n) is 2.03. The van der Waals surface area contributed by atoms with E-state index in [9.17, 15) is 14.4 Å². The topological polar surface area (TPSA) is 72.9 Å². The second kappa shape index (κ2) is 8.87. The number of ether oxygens (including phenoxy) is 2. The van der Waals surface area contributed by atoms with E-state index in [4.69, 9.17) is 9.47 Å². The molecule has 0 aromatic heterocycles. The summed E-state index contributed by atoms with van der Waals surface area (Å²) in [6.45, 7) is 5.44. The molecule has 0 aliphatic carbocycles. The molecule has 1 aromatic carbocycles. The molecule has 8 heteroatoms. The number of halogens is 1. The molecule has 0 unspecified atom stereocenters. The Morgan fingerprint density at radius 3 is 2.84 bits per heavy atom. The maximum atomic E-state index is 12.3. The molecule has 1 saturated heterocycles. The van der Waals surface area contributed by atoms with Crippen LogP contribution in [0.2, 0.25) is 0 Å². The fraction of sp³-hybridized carbons (Fsp3) is 0.235. The van der Waals surface area contributed by atoms with Crippen LogP contribution in [0.25, 0.3) is 6.08 Å². The first kappa shape index (κ1) is 19.3. The molecule has 0 bridgehead atoms. The summed E-state index contributed by atoms with van der Waals surface area (Å²) < 4.78 is 11.1. The van der Waals surface area contributed by atoms with E-state index in [0.29, 0.717) is 11.3 Å². The average Bonchev–Trinajstić information content (AvgIpc) is 2.82. The minimum atomic E-state index is -0.484. The molecule has 0 N–H and O–H groups in total. The number of imide groups is 1. The lowest BCUT2D eigenvalue weighted by Gasteiger charge is -2.10. The van der Waals surface area contributed by atoms with Crippen LogP contribution in [0.5, 0.6) is 5.75 Å². The standard InChI is InChI=1S/C17H16BrNO5S/c1-3-7-19-16(21)14(25-17(19)22)9-11-8-12(18)5-6-13(11)24-10-15(20)23-4-2/h3,5-6,8-9H,1,4,7,10H2,2H3/b14-9+. The first-order valence-electron chi connectivity index (χ1n) is 7.40. The van der Waals surface area contributed by atoms with Gasteiger partial charge in [-0.1, -0.05) is 22.0 Å². The number of amides is 2. The fourth-order valence-corrected chi connectivity index (χ4v) is 3.25. The number of carbonyl (C=O) groups excluding carboxylic acids is 3. The van der Waals surface area contributed by atoms with Crippen molar-refractivity contribution in [3.63, 3.8) is 0 Å². The molecule has 2 amide bonds. The van der Waals surface area contributed by atoms with Crippen molar-refractivity contribution in [2.75, 3.05) is 19.8 Å². The van der Waals surface area contributed by atoms with Gasteiger partial charge in [0, 0.05) is 16.6 Å². The third kappa shape index (κ3) is 4.96. The normalized spacial score (nSPS) is 15.6. The molecular weight excluding hydrogens is 410 g/mol. The summed E-state index contributed by atoms with van der Waals surface area (Å²) in [4.78, 5) is 37.0. The van der Waals surface area contributed by atoms with Gasteiger partial charge in [-0.05, 0) is 43.0 Å². The van der Waals surface area contributed by atoms with Gasteiger partial charge in [-0.3, -0.25) is 14.5 Å². The van der Waals surface area contributed by atoms with Gasteiger partial charge >= 0.3 is 5.97 Å². The van der Waals surface area contributed by atoms with Crippen LogP contribution in [0.3, 0.4) is 0 Å². The lowest BCUT2D eigenvalue weighted by atomic mass is 10.2. The van der Waals surface area contributed by atoms with Gasteiger partial charge in [-0.15, -0.1) is 6.58 Å². The SMILES string of the molecule is C=CCN1C(=O)S/C(=C/c2cc(Br)ccc2OCC(=O)OCC)C1=O. The van der Waals surface area contributed by atoms with Crippen molar-refractivity contribution < 1.29 is 23.9 Å². The summed E-state index contributed by atoms with van der Waals surface area (Å²) in [5, 5.41) is -0.347. The molecule has 1 fully saturated rings. The highest BCUT2D eigenvalue weighted by Gasteiger charge is 2.34. The van der Waals surface area contributed by atoms with Crippen LogP contribution in [-0.2, 0) is 14.3 Å². The molecule has 0 spiro atoms. The lowest BCUT2D eigenvalue weighted by Crippen LogP contribution is -2.27. The molecule has 2 rings (SSSR count). The van der Waals surface area contributed by atoms with Crippen LogP contribution in [0.4, 0.5) is 4.79 Å². The van der Waals surface area contributed by atoms with E-state index in [0.717, 1.165) is 21.1 Å². The van der Waals surface area contributed by atoms with Crippen molar-refractivity contribution in [1.29, 1.82) is 0 Å². The number of nitrogens with zero attached hydrogens (tertiary/aromatic N) is 1. The molecule has 25 heavy (non-hydrogen) atoms. The average molecular weight is 426 g/mol. The summed E-state index contributed by atoms with van der Waals surface area (Å²) in [7, 11) is 0. The zero-order valence-corrected chi connectivity index (χ0v) is 15.9. The zero-order chi connectivity index (χ0) is 18.4. The van der Waals surface area contributed by atoms with Crippen molar-refractivity contribution in [1.82, 2.24) is 4.90 Å². The Bertz CT molecular complexity index is 747. The molecule has 1 aromatic rings. The van der Waals surface area contributed by atoms with E-state index < -0.39 is 5.97 Å². The molecule has 1 heterocycles. The first-order chi connectivity index (χ1) is 12.0. The number of rotatable bonds is 7. The third-order valence-corrected chi connectivity index (χ3v) is 4.50. The summed E-state index contributed by atoms with van der Waals surface area (Å²) in [5.41, 5.74) is 0.572. The number of carbonyl (C=O) groups is 3. The van der Waals surface area contributed by atoms with E-state index >= 15 is 0 Å². The molecule has 6 nitrogen and oxygen atoms in total. The summed E-state index contributed by atoms with van der Waals surface area (Å²) in [6.07, 6.45) is 3.06. The van der Waals surface area contributed by atoms with Gasteiger partial charge in [-0.25, -0.2) is 4.79 Å². The van der Waals surface area contributed by atoms with Gasteiger partial charge in [0.2, 0.25) is 0 Å². The third-order valence-electron chi connectivity index (χ3n) is 3.09. The minimum Gasteiger partial charge on any atom is -0.481 e. The Labute approximate surface area is 158 Å². The molecule has 132 valence electrons. The summed E-state index contributed by atoms with van der Waals surface area (Å²) in [5.74, 6) is -0.458. The molecule has 0 radical (unpaired) electrons. The number of hydrogen-bond donors (Lipinski definition) is 0. The van der Waals surface area contributed by atoms with E-state index in [1.54, 1.807) is 31.2 Å². The Balaban J connectivity index is 2.25. The molecule has 1 aliphatic heterocycles. The largest absolute Gasteiger partial charge is 0.481 e. The van der Waals surface area contributed by atoms with Crippen LogP contribution in [0.1, 0.15) is 12.5 Å². The van der Waals surface area contributed by atoms with Crippen molar-refractivity contribution in [2.24, 2.45) is 0 Å². The van der Waals surface area contributed by atoms with Gasteiger partial charge in [0.15, 0.2) is 6.61 Å². The highest BCUT2D eigenvalue weighted by Crippen LogP contribution is 2.34. The van der Waals surface area contributed by atoms with E-state index in [2.05, 4.69) is 22.5 Å². The second-order valence-electron chi connectivity index (χ2n) is 4.86. The van der Waals surface area contributed by atoms with E-state index in [-0.39, 0.29) is 35.8 Å². The number of benzene rings is 1. The van der Waals surface area contributed by atoms with Crippen molar-refractivity contribution in [3.05, 3.63) is 45.8 Å². The number of thioether (sulfide) groups is 1. The van der Waals surface area contributed by atoms with Gasteiger partial charge in [0.1, 0.15) is 5.75 Å². The number of esters is 1. The van der Waals surface area contributed by atoms with Crippen molar-refractivity contribution in [3.8, 4) is 5.75 Å². The Kier molecular flexibility index (Phi) is 6.83. The number of hydrogen-bond acceptors (Lipinski definition) is 6. The highest BCUT2D eigenvalue weighted by molar-refractivity contribution is 9.10. The van der Waals surface area contributed by atoms with Crippen LogP contribution in [0.15, 0.2) is 40.2 Å². The predicted molar refractivity (Wildman–Crippen MR) is 99.1 cm³/mol. The quantitative estimate of drug-likeness (QED) is 0.377. The Morgan fingerprint density at radius 2 is 2.16 bits per heavy atom. The Morgan fingerprint density at radius 1 is 1.40 bits per heavy atom. The smallest absolute Gasteiger partial charge is 0.344 e. The van der Waals surface area contributed by atoms with E-state index in [1.807, 2.05) is 0 Å². The van der Waals surface area contributed by atoms with E-state index in [1.165, 1.54) is 6.08 Å². The summed E-state index contributed by atoms with van der Waals surface area (Å²) >= 11 is 4.21. The van der Waals surface area contributed by atoms with Crippen LogP contribution in [-0.4, -0.2) is 41.8 Å². The summed E-state index contributed by atoms with van der Waals surface area (Å²) in [6, 6.07) is 5.16. The van der Waals surface area contributed by atoms with Gasteiger partial charge < -0.3 is 9.47 Å². The van der Waals surface area contributed by atoms with Crippen molar-refractivity contribution >= 4 is 50.9 Å². The highest BCUT2D eigenvalue weighted by atomic mass is 79.9. The molecular formula is C17H16BrNO5S. The van der Waals surface area contributed by atoms with Gasteiger partial charge in [0.05, 0.1) is 11.5 Å². The Hall–Kier alpha value is -2.06. The molecule has 0 atom stereocenters. The van der Waals surface area contributed by atoms with Crippen molar-refractivity contribution in [2.45, 2.75) is 6.92 Å². The maximum Gasteiger partial charge on any atom is 0.344 e. The second-order valence-corrected chi connectivity index (χ2v) is 6.77. The maximum absolute atomic E-state index is 12.3. The predicted octanol–water partition coefficient (Wildman–Crippen LogP) is 3.61. The van der Waals surface area contributed by atoms with Gasteiger partial charge in [-0.2, -0.15) is 0 Å². The minimum absolute atomic E-state index is 0.159. The van der Waals surface area contributed by atoms with Crippen LogP contribution < -0.4 is 4.74 Å². The monoisotopic (exact) mass is 425 g/mol. The zero-order valence-electron chi connectivity index (χ0n) is 13.5. The first-order valence-corrected chi connectivity index (χ1v) is 9.01. The molecule has 0 saturated carbocycles. The van der Waals surface area contributed by atoms with Gasteiger partial charge in [0.25, 0.3) is 11.1 Å².